The number of carbonyl (C=O) groups is 3. The van der Waals surface area contributed by atoms with Crippen molar-refractivity contribution in [1.29, 1.82) is 0 Å². The summed E-state index contributed by atoms with van der Waals surface area (Å²) in [6.07, 6.45) is 1.43. The highest BCUT2D eigenvalue weighted by molar-refractivity contribution is 6.05. The molecule has 2 aromatic carbocycles. The predicted molar refractivity (Wildman–Crippen MR) is 110 cm³/mol. The highest BCUT2D eigenvalue weighted by atomic mass is 16.6. The smallest absolute Gasteiger partial charge is 0.303 e. The monoisotopic (exact) mass is 411 g/mol. The Hall–Kier alpha value is -4.01. The van der Waals surface area contributed by atoms with Crippen molar-refractivity contribution in [2.24, 2.45) is 0 Å². The fourth-order valence-electron chi connectivity index (χ4n) is 2.49. The number of carboxylic acid groups (broad SMARTS) is 1. The first-order chi connectivity index (χ1) is 14.3. The summed E-state index contributed by atoms with van der Waals surface area (Å²) < 4.78 is 0. The number of carbonyl (C=O) groups excluding carboxylic acids is 2. The molecule has 0 heterocycles. The summed E-state index contributed by atoms with van der Waals surface area (Å²) in [4.78, 5) is 46.1. The highest BCUT2D eigenvalue weighted by Gasteiger charge is 2.15. The second-order valence-electron chi connectivity index (χ2n) is 6.48. The number of nitro groups is 1. The van der Waals surface area contributed by atoms with Crippen molar-refractivity contribution in [2.45, 2.75) is 19.8 Å². The number of rotatable bonds is 9. The molecular formula is C21H21N3O6. The molecule has 9 nitrogen and oxygen atoms in total. The summed E-state index contributed by atoms with van der Waals surface area (Å²) in [5, 5.41) is 24.7. The molecule has 0 bridgehead atoms. The average Bonchev–Trinajstić information content (AvgIpc) is 2.71. The number of hydrogen-bond donors (Lipinski definition) is 3. The van der Waals surface area contributed by atoms with Crippen LogP contribution in [0.5, 0.6) is 0 Å². The van der Waals surface area contributed by atoms with Crippen LogP contribution in [-0.4, -0.2) is 34.4 Å². The SMILES string of the molecule is Cc1ccc(C(=O)N/C(=C\c2cccc([N+](=O)[O-])c2)C(=O)NCCCC(=O)O)cc1. The van der Waals surface area contributed by atoms with Crippen molar-refractivity contribution < 1.29 is 24.4 Å². The summed E-state index contributed by atoms with van der Waals surface area (Å²) in [6, 6.07) is 12.3. The molecule has 156 valence electrons. The molecular weight excluding hydrogens is 390 g/mol. The first-order valence-electron chi connectivity index (χ1n) is 9.10. The van der Waals surface area contributed by atoms with Gasteiger partial charge in [0.2, 0.25) is 0 Å². The number of hydrogen-bond acceptors (Lipinski definition) is 5. The number of aryl methyl sites for hydroxylation is 1. The van der Waals surface area contributed by atoms with Crippen LogP contribution in [0, 0.1) is 17.0 Å². The molecule has 0 fully saturated rings. The lowest BCUT2D eigenvalue weighted by molar-refractivity contribution is -0.384. The Morgan fingerprint density at radius 1 is 1.13 bits per heavy atom. The molecule has 30 heavy (non-hydrogen) atoms. The average molecular weight is 411 g/mol. The van der Waals surface area contributed by atoms with Gasteiger partial charge in [-0.3, -0.25) is 24.5 Å². The minimum absolute atomic E-state index is 0.0951. The third-order valence-corrected chi connectivity index (χ3v) is 4.05. The molecule has 0 atom stereocenters. The standard InChI is InChI=1S/C21H21N3O6/c1-14-7-9-16(10-8-14)20(27)23-18(21(28)22-11-3-6-19(25)26)13-15-4-2-5-17(12-15)24(29)30/h2,4-5,7-10,12-13H,3,6,11H2,1H3,(H,22,28)(H,23,27)(H,25,26)/b18-13-. The van der Waals surface area contributed by atoms with Crippen molar-refractivity contribution in [1.82, 2.24) is 10.6 Å². The predicted octanol–water partition coefficient (Wildman–Crippen LogP) is 2.66. The van der Waals surface area contributed by atoms with Gasteiger partial charge in [-0.1, -0.05) is 29.8 Å². The van der Waals surface area contributed by atoms with Crippen LogP contribution in [0.4, 0.5) is 5.69 Å². The van der Waals surface area contributed by atoms with E-state index in [1.807, 2.05) is 6.92 Å². The van der Waals surface area contributed by atoms with E-state index in [2.05, 4.69) is 10.6 Å². The molecule has 0 saturated carbocycles. The molecule has 0 aliphatic carbocycles. The van der Waals surface area contributed by atoms with Gasteiger partial charge in [0.25, 0.3) is 17.5 Å². The number of benzene rings is 2. The molecule has 0 aliphatic rings. The zero-order valence-electron chi connectivity index (χ0n) is 16.3. The summed E-state index contributed by atoms with van der Waals surface area (Å²) in [7, 11) is 0. The maximum absolute atomic E-state index is 12.6. The lowest BCUT2D eigenvalue weighted by Crippen LogP contribution is -2.35. The van der Waals surface area contributed by atoms with Crippen molar-refractivity contribution in [3.05, 3.63) is 81.0 Å². The number of aliphatic carboxylic acids is 1. The van der Waals surface area contributed by atoms with Crippen LogP contribution < -0.4 is 10.6 Å². The lowest BCUT2D eigenvalue weighted by Gasteiger charge is -2.11. The summed E-state index contributed by atoms with van der Waals surface area (Å²) >= 11 is 0. The van der Waals surface area contributed by atoms with Crippen LogP contribution in [0.1, 0.15) is 34.3 Å². The van der Waals surface area contributed by atoms with Gasteiger partial charge < -0.3 is 15.7 Å². The van der Waals surface area contributed by atoms with Crippen LogP contribution in [-0.2, 0) is 9.59 Å². The Labute approximate surface area is 172 Å². The maximum atomic E-state index is 12.6. The highest BCUT2D eigenvalue weighted by Crippen LogP contribution is 2.15. The zero-order valence-corrected chi connectivity index (χ0v) is 16.3. The van der Waals surface area contributed by atoms with E-state index in [-0.39, 0.29) is 30.8 Å². The summed E-state index contributed by atoms with van der Waals surface area (Å²) in [6.45, 7) is 1.97. The van der Waals surface area contributed by atoms with E-state index in [4.69, 9.17) is 5.11 Å². The largest absolute Gasteiger partial charge is 0.481 e. The summed E-state index contributed by atoms with van der Waals surface area (Å²) in [5.74, 6) is -2.14. The molecule has 0 unspecified atom stereocenters. The Morgan fingerprint density at radius 2 is 1.83 bits per heavy atom. The van der Waals surface area contributed by atoms with Gasteiger partial charge in [-0.05, 0) is 37.1 Å². The quantitative estimate of drug-likeness (QED) is 0.251. The molecule has 0 radical (unpaired) electrons. The number of carboxylic acids is 1. The van der Waals surface area contributed by atoms with Crippen molar-refractivity contribution >= 4 is 29.5 Å². The molecule has 9 heteroatoms. The second-order valence-corrected chi connectivity index (χ2v) is 6.48. The van der Waals surface area contributed by atoms with E-state index in [9.17, 15) is 24.5 Å². The number of amides is 2. The van der Waals surface area contributed by atoms with Gasteiger partial charge in [0.1, 0.15) is 5.70 Å². The van der Waals surface area contributed by atoms with Gasteiger partial charge in [-0.15, -0.1) is 0 Å². The molecule has 0 aromatic heterocycles. The number of non-ortho nitro benzene ring substituents is 1. The number of nitro benzene ring substituents is 1. The van der Waals surface area contributed by atoms with E-state index >= 15 is 0 Å². The van der Waals surface area contributed by atoms with E-state index < -0.39 is 22.7 Å². The maximum Gasteiger partial charge on any atom is 0.303 e. The van der Waals surface area contributed by atoms with Gasteiger partial charge in [-0.25, -0.2) is 0 Å². The molecule has 0 aliphatic heterocycles. The van der Waals surface area contributed by atoms with Crippen LogP contribution in [0.3, 0.4) is 0 Å². The topological polar surface area (TPSA) is 139 Å². The van der Waals surface area contributed by atoms with Gasteiger partial charge in [0, 0.05) is 30.7 Å². The fourth-order valence-corrected chi connectivity index (χ4v) is 2.49. The van der Waals surface area contributed by atoms with Crippen molar-refractivity contribution in [3.8, 4) is 0 Å². The third kappa shape index (κ3) is 6.86. The minimum atomic E-state index is -0.982. The van der Waals surface area contributed by atoms with Crippen LogP contribution in [0.2, 0.25) is 0 Å². The molecule has 2 aromatic rings. The van der Waals surface area contributed by atoms with Gasteiger partial charge in [0.15, 0.2) is 0 Å². The molecule has 0 saturated heterocycles. The van der Waals surface area contributed by atoms with E-state index in [0.29, 0.717) is 11.1 Å². The number of nitrogens with one attached hydrogen (secondary N) is 2. The Morgan fingerprint density at radius 3 is 2.47 bits per heavy atom. The van der Waals surface area contributed by atoms with Crippen LogP contribution in [0.15, 0.2) is 54.2 Å². The van der Waals surface area contributed by atoms with Gasteiger partial charge in [0.05, 0.1) is 4.92 Å². The molecule has 0 spiro atoms. The Kier molecular flexibility index (Phi) is 7.81. The van der Waals surface area contributed by atoms with Crippen LogP contribution >= 0.6 is 0 Å². The Bertz CT molecular complexity index is 982. The van der Waals surface area contributed by atoms with Gasteiger partial charge in [-0.2, -0.15) is 0 Å². The normalized spacial score (nSPS) is 10.9. The Balaban J connectivity index is 2.24. The van der Waals surface area contributed by atoms with Crippen molar-refractivity contribution in [3.63, 3.8) is 0 Å². The molecule has 2 amide bonds. The van der Waals surface area contributed by atoms with E-state index in [1.54, 1.807) is 30.3 Å². The van der Waals surface area contributed by atoms with E-state index in [0.717, 1.165) is 5.56 Å². The molecule has 2 rings (SSSR count). The summed E-state index contributed by atoms with van der Waals surface area (Å²) in [5.41, 5.74) is 1.38. The van der Waals surface area contributed by atoms with E-state index in [1.165, 1.54) is 24.3 Å². The number of nitrogens with zero attached hydrogens (tertiary/aromatic N) is 1. The fraction of sp³-hybridized carbons (Fsp3) is 0.190. The first-order valence-corrected chi connectivity index (χ1v) is 9.10. The molecule has 3 N–H and O–H groups in total. The second kappa shape index (κ2) is 10.5. The zero-order chi connectivity index (χ0) is 22.1. The minimum Gasteiger partial charge on any atom is -0.481 e. The lowest BCUT2D eigenvalue weighted by atomic mass is 10.1. The van der Waals surface area contributed by atoms with Crippen LogP contribution in [0.25, 0.3) is 6.08 Å². The first kappa shape index (κ1) is 22.3. The van der Waals surface area contributed by atoms with Gasteiger partial charge >= 0.3 is 5.97 Å². The van der Waals surface area contributed by atoms with Crippen molar-refractivity contribution in [2.75, 3.05) is 6.54 Å². The third-order valence-electron chi connectivity index (χ3n) is 4.05.